The standard InChI is InChI=1S/C12H12BrNOS/c1-8-7-14-4-2-9(8)11(15)6-12-10(13)3-5-16-12/h2-5,7,11,15H,6H2,1H3. The highest BCUT2D eigenvalue weighted by molar-refractivity contribution is 9.10. The molecule has 0 bridgehead atoms. The zero-order chi connectivity index (χ0) is 11.5. The van der Waals surface area contributed by atoms with Gasteiger partial charge < -0.3 is 5.11 Å². The SMILES string of the molecule is Cc1cnccc1C(O)Cc1sccc1Br. The third-order valence-corrected chi connectivity index (χ3v) is 4.44. The van der Waals surface area contributed by atoms with Crippen molar-refractivity contribution >= 4 is 27.3 Å². The van der Waals surface area contributed by atoms with Crippen molar-refractivity contribution in [2.45, 2.75) is 19.4 Å². The summed E-state index contributed by atoms with van der Waals surface area (Å²) in [5, 5.41) is 12.2. The molecule has 0 saturated heterocycles. The van der Waals surface area contributed by atoms with Crippen LogP contribution in [-0.4, -0.2) is 10.1 Å². The highest BCUT2D eigenvalue weighted by Crippen LogP contribution is 2.28. The first kappa shape index (κ1) is 11.8. The Kier molecular flexibility index (Phi) is 3.74. The molecule has 2 aromatic rings. The summed E-state index contributed by atoms with van der Waals surface area (Å²) in [6.45, 7) is 1.97. The van der Waals surface area contributed by atoms with E-state index in [2.05, 4.69) is 20.9 Å². The minimum atomic E-state index is -0.460. The molecule has 1 N–H and O–H groups in total. The van der Waals surface area contributed by atoms with Crippen LogP contribution in [0.15, 0.2) is 34.4 Å². The summed E-state index contributed by atoms with van der Waals surface area (Å²) in [6.07, 6.45) is 3.68. The van der Waals surface area contributed by atoms with Gasteiger partial charge >= 0.3 is 0 Å². The number of pyridine rings is 1. The van der Waals surface area contributed by atoms with Gasteiger partial charge in [0, 0.05) is 28.2 Å². The lowest BCUT2D eigenvalue weighted by Crippen LogP contribution is -2.03. The van der Waals surface area contributed by atoms with Crippen molar-refractivity contribution in [2.24, 2.45) is 0 Å². The summed E-state index contributed by atoms with van der Waals surface area (Å²) in [4.78, 5) is 5.19. The van der Waals surface area contributed by atoms with Gasteiger partial charge in [-0.2, -0.15) is 0 Å². The minimum absolute atomic E-state index is 0.460. The summed E-state index contributed by atoms with van der Waals surface area (Å²) in [5.74, 6) is 0. The van der Waals surface area contributed by atoms with E-state index < -0.39 is 6.10 Å². The van der Waals surface area contributed by atoms with Crippen LogP contribution in [0.1, 0.15) is 22.1 Å². The van der Waals surface area contributed by atoms with Crippen LogP contribution in [0.4, 0.5) is 0 Å². The summed E-state index contributed by atoms with van der Waals surface area (Å²) in [6, 6.07) is 3.88. The number of aliphatic hydroxyl groups is 1. The Morgan fingerprint density at radius 3 is 2.94 bits per heavy atom. The lowest BCUT2D eigenvalue weighted by atomic mass is 10.0. The highest BCUT2D eigenvalue weighted by Gasteiger charge is 2.13. The highest BCUT2D eigenvalue weighted by atomic mass is 79.9. The lowest BCUT2D eigenvalue weighted by molar-refractivity contribution is 0.178. The predicted octanol–water partition coefficient (Wildman–Crippen LogP) is 3.49. The van der Waals surface area contributed by atoms with Crippen molar-refractivity contribution in [1.29, 1.82) is 0 Å². The number of nitrogens with zero attached hydrogens (tertiary/aromatic N) is 1. The number of aliphatic hydroxyl groups excluding tert-OH is 1. The summed E-state index contributed by atoms with van der Waals surface area (Å²) >= 11 is 5.13. The van der Waals surface area contributed by atoms with E-state index in [0.717, 1.165) is 15.6 Å². The van der Waals surface area contributed by atoms with Gasteiger partial charge in [-0.25, -0.2) is 0 Å². The van der Waals surface area contributed by atoms with Crippen LogP contribution in [0, 0.1) is 6.92 Å². The van der Waals surface area contributed by atoms with E-state index >= 15 is 0 Å². The van der Waals surface area contributed by atoms with Crippen LogP contribution in [0.2, 0.25) is 0 Å². The third-order valence-electron chi connectivity index (χ3n) is 2.49. The quantitative estimate of drug-likeness (QED) is 0.941. The number of aryl methyl sites for hydroxylation is 1. The molecule has 0 spiro atoms. The zero-order valence-corrected chi connectivity index (χ0v) is 11.3. The summed E-state index contributed by atoms with van der Waals surface area (Å²) in [5.41, 5.74) is 1.98. The molecule has 2 nitrogen and oxygen atoms in total. The molecule has 2 rings (SSSR count). The van der Waals surface area contributed by atoms with E-state index in [1.807, 2.05) is 24.4 Å². The Bertz CT molecular complexity index is 483. The molecule has 0 amide bonds. The molecule has 1 unspecified atom stereocenters. The largest absolute Gasteiger partial charge is 0.388 e. The number of rotatable bonds is 3. The first-order chi connectivity index (χ1) is 7.68. The number of hydrogen-bond acceptors (Lipinski definition) is 3. The number of thiophene rings is 1. The third kappa shape index (κ3) is 2.51. The maximum absolute atomic E-state index is 10.2. The van der Waals surface area contributed by atoms with Crippen LogP contribution >= 0.6 is 27.3 Å². The lowest BCUT2D eigenvalue weighted by Gasteiger charge is -2.12. The van der Waals surface area contributed by atoms with Crippen molar-refractivity contribution in [3.8, 4) is 0 Å². The Labute approximate surface area is 107 Å². The van der Waals surface area contributed by atoms with E-state index in [4.69, 9.17) is 0 Å². The second-order valence-electron chi connectivity index (χ2n) is 3.64. The number of halogens is 1. The predicted molar refractivity (Wildman–Crippen MR) is 69.7 cm³/mol. The van der Waals surface area contributed by atoms with Gasteiger partial charge in [-0.05, 0) is 51.5 Å². The molecule has 0 aliphatic carbocycles. The fourth-order valence-corrected chi connectivity index (χ4v) is 3.17. The fraction of sp³-hybridized carbons (Fsp3) is 0.250. The van der Waals surface area contributed by atoms with E-state index in [9.17, 15) is 5.11 Å². The summed E-state index contributed by atoms with van der Waals surface area (Å²) < 4.78 is 1.07. The first-order valence-electron chi connectivity index (χ1n) is 4.99. The normalized spacial score (nSPS) is 12.7. The molecule has 0 aliphatic rings. The van der Waals surface area contributed by atoms with Crippen LogP contribution in [-0.2, 0) is 6.42 Å². The van der Waals surface area contributed by atoms with E-state index in [-0.39, 0.29) is 0 Å². The Morgan fingerprint density at radius 1 is 1.50 bits per heavy atom. The molecular formula is C12H12BrNOS. The molecule has 1 atom stereocenters. The van der Waals surface area contributed by atoms with Crippen molar-refractivity contribution in [3.63, 3.8) is 0 Å². The first-order valence-corrected chi connectivity index (χ1v) is 6.66. The van der Waals surface area contributed by atoms with Crippen molar-refractivity contribution in [1.82, 2.24) is 4.98 Å². The molecule has 0 radical (unpaired) electrons. The topological polar surface area (TPSA) is 33.1 Å². The molecule has 0 aliphatic heterocycles. The molecule has 0 saturated carbocycles. The van der Waals surface area contributed by atoms with Crippen molar-refractivity contribution in [3.05, 3.63) is 50.4 Å². The molecule has 4 heteroatoms. The van der Waals surface area contributed by atoms with E-state index in [0.29, 0.717) is 6.42 Å². The molecule has 16 heavy (non-hydrogen) atoms. The second-order valence-corrected chi connectivity index (χ2v) is 5.50. The molecule has 2 aromatic heterocycles. The van der Waals surface area contributed by atoms with Crippen LogP contribution in [0.25, 0.3) is 0 Å². The van der Waals surface area contributed by atoms with Gasteiger partial charge in [0.1, 0.15) is 0 Å². The van der Waals surface area contributed by atoms with Gasteiger partial charge in [-0.1, -0.05) is 0 Å². The van der Waals surface area contributed by atoms with Crippen LogP contribution in [0.5, 0.6) is 0 Å². The van der Waals surface area contributed by atoms with Gasteiger partial charge in [0.05, 0.1) is 6.10 Å². The molecule has 0 fully saturated rings. The van der Waals surface area contributed by atoms with Crippen molar-refractivity contribution in [2.75, 3.05) is 0 Å². The van der Waals surface area contributed by atoms with Crippen LogP contribution in [0.3, 0.4) is 0 Å². The second kappa shape index (κ2) is 5.08. The van der Waals surface area contributed by atoms with Gasteiger partial charge in [0.25, 0.3) is 0 Å². The number of hydrogen-bond donors (Lipinski definition) is 1. The molecule has 84 valence electrons. The van der Waals surface area contributed by atoms with Crippen LogP contribution < -0.4 is 0 Å². The number of aromatic nitrogens is 1. The van der Waals surface area contributed by atoms with Gasteiger partial charge in [-0.3, -0.25) is 4.98 Å². The molecular weight excluding hydrogens is 286 g/mol. The summed E-state index contributed by atoms with van der Waals surface area (Å²) in [7, 11) is 0. The van der Waals surface area contributed by atoms with Gasteiger partial charge in [0.2, 0.25) is 0 Å². The average Bonchev–Trinajstić information content (AvgIpc) is 2.65. The Morgan fingerprint density at radius 2 is 2.31 bits per heavy atom. The minimum Gasteiger partial charge on any atom is -0.388 e. The van der Waals surface area contributed by atoms with Crippen molar-refractivity contribution < 1.29 is 5.11 Å². The average molecular weight is 298 g/mol. The van der Waals surface area contributed by atoms with Gasteiger partial charge in [0.15, 0.2) is 0 Å². The van der Waals surface area contributed by atoms with E-state index in [1.165, 1.54) is 4.88 Å². The maximum Gasteiger partial charge on any atom is 0.0842 e. The molecule has 0 aromatic carbocycles. The molecule has 2 heterocycles. The van der Waals surface area contributed by atoms with E-state index in [1.54, 1.807) is 23.7 Å². The Hall–Kier alpha value is -0.710. The smallest absolute Gasteiger partial charge is 0.0842 e. The fourth-order valence-electron chi connectivity index (χ4n) is 1.61. The van der Waals surface area contributed by atoms with Gasteiger partial charge in [-0.15, -0.1) is 11.3 Å². The monoisotopic (exact) mass is 297 g/mol. The Balaban J connectivity index is 2.18. The maximum atomic E-state index is 10.2. The zero-order valence-electron chi connectivity index (χ0n) is 8.85.